The Morgan fingerprint density at radius 2 is 1.95 bits per heavy atom. The molecule has 1 fully saturated rings. The molecule has 2 N–H and O–H groups in total. The number of rotatable bonds is 3. The second kappa shape index (κ2) is 6.97. The number of hydrogen-bond acceptors (Lipinski definition) is 2. The van der Waals surface area contributed by atoms with Crippen molar-refractivity contribution in [3.8, 4) is 0 Å². The van der Waals surface area contributed by atoms with E-state index in [-0.39, 0.29) is 12.4 Å². The molecule has 1 heterocycles. The molecule has 1 aliphatic rings. The van der Waals surface area contributed by atoms with Crippen molar-refractivity contribution < 1.29 is 0 Å². The molecular formula is C18H23ClN2. The molecule has 0 spiro atoms. The SMILES string of the molecule is Cc1ccccc1C1CCCN1Cc1cccc(N)c1.Cl. The van der Waals surface area contributed by atoms with Crippen LogP contribution < -0.4 is 5.73 Å². The molecule has 0 saturated carbocycles. The lowest BCUT2D eigenvalue weighted by Gasteiger charge is -2.26. The summed E-state index contributed by atoms with van der Waals surface area (Å²) in [6.07, 6.45) is 2.54. The molecular weight excluding hydrogens is 280 g/mol. The minimum atomic E-state index is 0. The summed E-state index contributed by atoms with van der Waals surface area (Å²) in [7, 11) is 0. The van der Waals surface area contributed by atoms with Crippen molar-refractivity contribution in [2.75, 3.05) is 12.3 Å². The molecule has 112 valence electrons. The van der Waals surface area contributed by atoms with E-state index in [9.17, 15) is 0 Å². The van der Waals surface area contributed by atoms with Gasteiger partial charge in [-0.15, -0.1) is 12.4 Å². The van der Waals surface area contributed by atoms with Gasteiger partial charge in [-0.2, -0.15) is 0 Å². The van der Waals surface area contributed by atoms with Crippen LogP contribution in [-0.2, 0) is 6.54 Å². The van der Waals surface area contributed by atoms with Crippen molar-refractivity contribution >= 4 is 18.1 Å². The Morgan fingerprint density at radius 1 is 1.14 bits per heavy atom. The number of likely N-dealkylation sites (tertiary alicyclic amines) is 1. The second-order valence-electron chi connectivity index (χ2n) is 5.73. The zero-order valence-corrected chi connectivity index (χ0v) is 13.3. The lowest BCUT2D eigenvalue weighted by molar-refractivity contribution is 0.248. The number of nitrogens with zero attached hydrogens (tertiary/aromatic N) is 1. The lowest BCUT2D eigenvalue weighted by atomic mass is 9.99. The molecule has 2 nitrogen and oxygen atoms in total. The average Bonchev–Trinajstić information content (AvgIpc) is 2.87. The van der Waals surface area contributed by atoms with Gasteiger partial charge in [-0.1, -0.05) is 36.4 Å². The molecule has 3 heteroatoms. The maximum atomic E-state index is 5.88. The van der Waals surface area contributed by atoms with Gasteiger partial charge in [-0.25, -0.2) is 0 Å². The summed E-state index contributed by atoms with van der Waals surface area (Å²) in [4.78, 5) is 2.58. The Labute approximate surface area is 133 Å². The molecule has 21 heavy (non-hydrogen) atoms. The summed E-state index contributed by atoms with van der Waals surface area (Å²) in [5.41, 5.74) is 10.9. The van der Waals surface area contributed by atoms with E-state index in [4.69, 9.17) is 5.73 Å². The normalized spacial score (nSPS) is 18.4. The van der Waals surface area contributed by atoms with Crippen molar-refractivity contribution in [1.29, 1.82) is 0 Å². The summed E-state index contributed by atoms with van der Waals surface area (Å²) in [5, 5.41) is 0. The molecule has 1 aliphatic heterocycles. The third-order valence-electron chi connectivity index (χ3n) is 4.25. The number of aryl methyl sites for hydroxylation is 1. The highest BCUT2D eigenvalue weighted by Crippen LogP contribution is 2.34. The first-order chi connectivity index (χ1) is 9.74. The topological polar surface area (TPSA) is 29.3 Å². The molecule has 0 radical (unpaired) electrons. The van der Waals surface area contributed by atoms with Crippen LogP contribution in [0.15, 0.2) is 48.5 Å². The minimum absolute atomic E-state index is 0. The van der Waals surface area contributed by atoms with Gasteiger partial charge in [0.1, 0.15) is 0 Å². The predicted molar refractivity (Wildman–Crippen MR) is 91.7 cm³/mol. The van der Waals surface area contributed by atoms with Gasteiger partial charge in [0, 0.05) is 18.3 Å². The third kappa shape index (κ3) is 3.58. The minimum Gasteiger partial charge on any atom is -0.399 e. The van der Waals surface area contributed by atoms with Crippen LogP contribution in [-0.4, -0.2) is 11.4 Å². The fraction of sp³-hybridized carbons (Fsp3) is 0.333. The maximum Gasteiger partial charge on any atom is 0.0354 e. The highest BCUT2D eigenvalue weighted by Gasteiger charge is 2.26. The van der Waals surface area contributed by atoms with E-state index in [2.05, 4.69) is 48.2 Å². The summed E-state index contributed by atoms with van der Waals surface area (Å²) in [6, 6.07) is 17.6. The third-order valence-corrected chi connectivity index (χ3v) is 4.25. The van der Waals surface area contributed by atoms with Crippen molar-refractivity contribution in [3.05, 3.63) is 65.2 Å². The van der Waals surface area contributed by atoms with Gasteiger partial charge in [-0.05, 0) is 55.1 Å². The number of hydrogen-bond donors (Lipinski definition) is 1. The van der Waals surface area contributed by atoms with E-state index in [1.807, 2.05) is 12.1 Å². The van der Waals surface area contributed by atoms with Crippen LogP contribution in [0.25, 0.3) is 0 Å². The van der Waals surface area contributed by atoms with E-state index >= 15 is 0 Å². The highest BCUT2D eigenvalue weighted by atomic mass is 35.5. The molecule has 0 amide bonds. The predicted octanol–water partition coefficient (Wildman–Crippen LogP) is 4.34. The number of nitrogen functional groups attached to an aromatic ring is 1. The monoisotopic (exact) mass is 302 g/mol. The Bertz CT molecular complexity index is 597. The van der Waals surface area contributed by atoms with Gasteiger partial charge in [0.25, 0.3) is 0 Å². The first-order valence-electron chi connectivity index (χ1n) is 7.38. The fourth-order valence-corrected chi connectivity index (χ4v) is 3.25. The zero-order chi connectivity index (χ0) is 13.9. The summed E-state index contributed by atoms with van der Waals surface area (Å²) in [6.45, 7) is 4.38. The van der Waals surface area contributed by atoms with E-state index < -0.39 is 0 Å². The Balaban J connectivity index is 0.00000161. The largest absolute Gasteiger partial charge is 0.399 e. The van der Waals surface area contributed by atoms with Crippen molar-refractivity contribution in [1.82, 2.24) is 4.90 Å². The smallest absolute Gasteiger partial charge is 0.0354 e. The lowest BCUT2D eigenvalue weighted by Crippen LogP contribution is -2.23. The number of halogens is 1. The highest BCUT2D eigenvalue weighted by molar-refractivity contribution is 5.85. The zero-order valence-electron chi connectivity index (χ0n) is 12.5. The Hall–Kier alpha value is -1.51. The Kier molecular flexibility index (Phi) is 5.27. The number of nitrogens with two attached hydrogens (primary N) is 1. The fourth-order valence-electron chi connectivity index (χ4n) is 3.25. The van der Waals surface area contributed by atoms with Gasteiger partial charge in [0.2, 0.25) is 0 Å². The first kappa shape index (κ1) is 15.9. The molecule has 0 bridgehead atoms. The van der Waals surface area contributed by atoms with Crippen LogP contribution in [0.5, 0.6) is 0 Å². The van der Waals surface area contributed by atoms with Crippen LogP contribution in [0.3, 0.4) is 0 Å². The molecule has 2 aromatic carbocycles. The average molecular weight is 303 g/mol. The quantitative estimate of drug-likeness (QED) is 0.855. The van der Waals surface area contributed by atoms with Gasteiger partial charge in [-0.3, -0.25) is 4.90 Å². The number of anilines is 1. The van der Waals surface area contributed by atoms with Gasteiger partial charge in [0.15, 0.2) is 0 Å². The van der Waals surface area contributed by atoms with E-state index in [1.54, 1.807) is 0 Å². The summed E-state index contributed by atoms with van der Waals surface area (Å²) >= 11 is 0. The first-order valence-corrected chi connectivity index (χ1v) is 7.38. The molecule has 0 aliphatic carbocycles. The van der Waals surface area contributed by atoms with Gasteiger partial charge in [0.05, 0.1) is 0 Å². The summed E-state index contributed by atoms with van der Waals surface area (Å²) < 4.78 is 0. The molecule has 0 aromatic heterocycles. The van der Waals surface area contributed by atoms with Crippen LogP contribution in [0, 0.1) is 6.92 Å². The van der Waals surface area contributed by atoms with Crippen molar-refractivity contribution in [2.24, 2.45) is 0 Å². The van der Waals surface area contributed by atoms with E-state index in [0.29, 0.717) is 6.04 Å². The Morgan fingerprint density at radius 3 is 2.71 bits per heavy atom. The van der Waals surface area contributed by atoms with E-state index in [1.165, 1.54) is 36.1 Å². The number of benzene rings is 2. The van der Waals surface area contributed by atoms with Crippen molar-refractivity contribution in [2.45, 2.75) is 32.4 Å². The molecule has 1 atom stereocenters. The van der Waals surface area contributed by atoms with E-state index in [0.717, 1.165) is 12.2 Å². The van der Waals surface area contributed by atoms with Crippen LogP contribution in [0.4, 0.5) is 5.69 Å². The second-order valence-corrected chi connectivity index (χ2v) is 5.73. The van der Waals surface area contributed by atoms with Gasteiger partial charge < -0.3 is 5.73 Å². The standard InChI is InChI=1S/C18H22N2.ClH/c1-14-6-2-3-9-17(14)18-10-5-11-20(18)13-15-7-4-8-16(19)12-15;/h2-4,6-9,12,18H,5,10-11,13,19H2,1H3;1H. The van der Waals surface area contributed by atoms with Crippen LogP contribution >= 0.6 is 12.4 Å². The van der Waals surface area contributed by atoms with Crippen LogP contribution in [0.2, 0.25) is 0 Å². The molecule has 2 aromatic rings. The van der Waals surface area contributed by atoms with Gasteiger partial charge >= 0.3 is 0 Å². The molecule has 3 rings (SSSR count). The van der Waals surface area contributed by atoms with Crippen LogP contribution in [0.1, 0.15) is 35.6 Å². The molecule has 1 saturated heterocycles. The molecule has 1 unspecified atom stereocenters. The summed E-state index contributed by atoms with van der Waals surface area (Å²) in [5.74, 6) is 0. The van der Waals surface area contributed by atoms with Crippen molar-refractivity contribution in [3.63, 3.8) is 0 Å². The maximum absolute atomic E-state index is 5.88.